The first kappa shape index (κ1) is 13.3. The van der Waals surface area contributed by atoms with Gasteiger partial charge in [0.05, 0.1) is 0 Å². The average Bonchev–Trinajstić information content (AvgIpc) is 2.26. The van der Waals surface area contributed by atoms with Gasteiger partial charge in [-0.1, -0.05) is 19.8 Å². The number of rotatable bonds is 4. The Hall–Kier alpha value is -0.770. The largest absolute Gasteiger partial charge is 0.337 e. The minimum atomic E-state index is -0.0153. The van der Waals surface area contributed by atoms with Crippen LogP contribution in [-0.4, -0.2) is 44.2 Å². The molecule has 1 aliphatic rings. The summed E-state index contributed by atoms with van der Waals surface area (Å²) in [6, 6.07) is 0.628. The number of amides is 2. The smallest absolute Gasteiger partial charge is 0.316 e. The highest BCUT2D eigenvalue weighted by atomic mass is 16.2. The summed E-state index contributed by atoms with van der Waals surface area (Å²) in [5.41, 5.74) is 0. The Morgan fingerprint density at radius 2 is 1.94 bits per heavy atom. The van der Waals surface area contributed by atoms with E-state index in [4.69, 9.17) is 0 Å². The van der Waals surface area contributed by atoms with Crippen molar-refractivity contribution >= 4 is 6.03 Å². The summed E-state index contributed by atoms with van der Waals surface area (Å²) in [6.45, 7) is 3.89. The fourth-order valence-electron chi connectivity index (χ4n) is 2.20. The van der Waals surface area contributed by atoms with Crippen LogP contribution < -0.4 is 10.6 Å². The summed E-state index contributed by atoms with van der Waals surface area (Å²) in [5, 5.41) is 6.39. The van der Waals surface area contributed by atoms with Gasteiger partial charge in [0.2, 0.25) is 0 Å². The van der Waals surface area contributed by atoms with Crippen molar-refractivity contribution in [1.29, 1.82) is 0 Å². The fourth-order valence-corrected chi connectivity index (χ4v) is 2.20. The van der Waals surface area contributed by atoms with Crippen LogP contribution in [0.1, 0.15) is 32.6 Å². The molecule has 0 radical (unpaired) electrons. The lowest BCUT2D eigenvalue weighted by atomic mass is 9.86. The molecule has 0 spiro atoms. The van der Waals surface area contributed by atoms with Crippen LogP contribution >= 0.6 is 0 Å². The van der Waals surface area contributed by atoms with Crippen molar-refractivity contribution in [1.82, 2.24) is 15.5 Å². The van der Waals surface area contributed by atoms with E-state index >= 15 is 0 Å². The number of nitrogens with one attached hydrogen (secondary N) is 2. The number of nitrogens with zero attached hydrogens (tertiary/aromatic N) is 1. The van der Waals surface area contributed by atoms with Crippen LogP contribution in [0.5, 0.6) is 0 Å². The van der Waals surface area contributed by atoms with Crippen molar-refractivity contribution in [3.8, 4) is 0 Å². The Bertz CT molecular complexity index is 218. The molecule has 0 aromatic carbocycles. The molecule has 16 heavy (non-hydrogen) atoms. The predicted molar refractivity (Wildman–Crippen MR) is 66.5 cm³/mol. The first-order valence-electron chi connectivity index (χ1n) is 6.30. The van der Waals surface area contributed by atoms with Gasteiger partial charge in [-0.2, -0.15) is 0 Å². The number of carbonyl (C=O) groups excluding carboxylic acids is 1. The van der Waals surface area contributed by atoms with Crippen molar-refractivity contribution in [2.75, 3.05) is 27.2 Å². The Morgan fingerprint density at radius 1 is 1.25 bits per heavy atom. The number of hydrogen-bond donors (Lipinski definition) is 2. The molecule has 4 heteroatoms. The van der Waals surface area contributed by atoms with Gasteiger partial charge in [0.15, 0.2) is 0 Å². The number of urea groups is 1. The fraction of sp³-hybridized carbons (Fsp3) is 0.917. The van der Waals surface area contributed by atoms with E-state index in [1.165, 1.54) is 25.7 Å². The van der Waals surface area contributed by atoms with Gasteiger partial charge in [0.1, 0.15) is 0 Å². The van der Waals surface area contributed by atoms with Crippen LogP contribution in [0.15, 0.2) is 0 Å². The van der Waals surface area contributed by atoms with Gasteiger partial charge >= 0.3 is 6.03 Å². The molecule has 0 aromatic rings. The van der Waals surface area contributed by atoms with E-state index in [1.807, 2.05) is 0 Å². The molecule has 4 nitrogen and oxygen atoms in total. The molecule has 1 aliphatic carbocycles. The predicted octanol–water partition coefficient (Wildman–Crippen LogP) is 1.43. The molecule has 1 saturated carbocycles. The van der Waals surface area contributed by atoms with Crippen molar-refractivity contribution in [2.45, 2.75) is 38.6 Å². The van der Waals surface area contributed by atoms with Crippen LogP contribution in [-0.2, 0) is 0 Å². The molecule has 2 atom stereocenters. The minimum Gasteiger partial charge on any atom is -0.337 e. The topological polar surface area (TPSA) is 44.4 Å². The highest BCUT2D eigenvalue weighted by Crippen LogP contribution is 2.23. The Labute approximate surface area is 98.8 Å². The maximum absolute atomic E-state index is 11.2. The molecule has 0 aliphatic heterocycles. The summed E-state index contributed by atoms with van der Waals surface area (Å²) < 4.78 is 0. The first-order valence-corrected chi connectivity index (χ1v) is 6.30. The molecule has 1 rings (SSSR count). The van der Waals surface area contributed by atoms with E-state index in [2.05, 4.69) is 17.6 Å². The second kappa shape index (κ2) is 6.74. The molecule has 0 heterocycles. The highest BCUT2D eigenvalue weighted by molar-refractivity contribution is 5.73. The quantitative estimate of drug-likeness (QED) is 0.714. The van der Waals surface area contributed by atoms with Crippen molar-refractivity contribution in [3.05, 3.63) is 0 Å². The lowest BCUT2D eigenvalue weighted by Crippen LogP contribution is -2.43. The maximum atomic E-state index is 11.2. The molecule has 0 bridgehead atoms. The third-order valence-corrected chi connectivity index (χ3v) is 3.33. The van der Waals surface area contributed by atoms with Gasteiger partial charge in [-0.25, -0.2) is 4.79 Å². The Morgan fingerprint density at radius 3 is 2.56 bits per heavy atom. The van der Waals surface area contributed by atoms with E-state index in [9.17, 15) is 4.79 Å². The zero-order valence-corrected chi connectivity index (χ0v) is 10.8. The van der Waals surface area contributed by atoms with Gasteiger partial charge in [0.25, 0.3) is 0 Å². The monoisotopic (exact) mass is 227 g/mol. The van der Waals surface area contributed by atoms with Crippen molar-refractivity contribution < 1.29 is 4.79 Å². The number of hydrogen-bond acceptors (Lipinski definition) is 2. The average molecular weight is 227 g/mol. The first-order chi connectivity index (χ1) is 7.61. The molecule has 2 unspecified atom stereocenters. The zero-order valence-electron chi connectivity index (χ0n) is 10.8. The molecule has 2 amide bonds. The van der Waals surface area contributed by atoms with Gasteiger partial charge < -0.3 is 15.5 Å². The van der Waals surface area contributed by atoms with Crippen LogP contribution in [0, 0.1) is 5.92 Å². The van der Waals surface area contributed by atoms with E-state index in [-0.39, 0.29) is 6.03 Å². The molecule has 2 N–H and O–H groups in total. The van der Waals surface area contributed by atoms with Crippen LogP contribution in [0.3, 0.4) is 0 Å². The molecule has 1 fully saturated rings. The highest BCUT2D eigenvalue weighted by Gasteiger charge is 2.20. The molecular formula is C12H25N3O. The summed E-state index contributed by atoms with van der Waals surface area (Å²) in [6.07, 6.45) is 5.33. The summed E-state index contributed by atoms with van der Waals surface area (Å²) in [5.74, 6) is 0.776. The van der Waals surface area contributed by atoms with Crippen LogP contribution in [0.2, 0.25) is 0 Å². The number of carbonyl (C=O) groups is 1. The normalized spacial score (nSPS) is 25.2. The summed E-state index contributed by atoms with van der Waals surface area (Å²) >= 11 is 0. The lowest BCUT2D eigenvalue weighted by Gasteiger charge is -2.29. The maximum Gasteiger partial charge on any atom is 0.316 e. The zero-order chi connectivity index (χ0) is 12.0. The van der Waals surface area contributed by atoms with Gasteiger partial charge in [-0.15, -0.1) is 0 Å². The third-order valence-electron chi connectivity index (χ3n) is 3.33. The van der Waals surface area contributed by atoms with Crippen LogP contribution in [0.4, 0.5) is 4.79 Å². The van der Waals surface area contributed by atoms with Crippen LogP contribution in [0.25, 0.3) is 0 Å². The minimum absolute atomic E-state index is 0.0153. The Kier molecular flexibility index (Phi) is 5.60. The second-order valence-corrected chi connectivity index (χ2v) is 4.95. The molecular weight excluding hydrogens is 202 g/mol. The summed E-state index contributed by atoms with van der Waals surface area (Å²) in [4.78, 5) is 12.8. The van der Waals surface area contributed by atoms with E-state index in [1.54, 1.807) is 19.0 Å². The van der Waals surface area contributed by atoms with Gasteiger partial charge in [-0.3, -0.25) is 0 Å². The van der Waals surface area contributed by atoms with Crippen molar-refractivity contribution in [2.24, 2.45) is 5.92 Å². The van der Waals surface area contributed by atoms with Crippen molar-refractivity contribution in [3.63, 3.8) is 0 Å². The van der Waals surface area contributed by atoms with Gasteiger partial charge in [-0.05, 0) is 18.8 Å². The SMILES string of the molecule is CC1CCCCC1NCCNC(=O)N(C)C. The Balaban J connectivity index is 2.08. The molecule has 0 aromatic heterocycles. The van der Waals surface area contributed by atoms with E-state index in [0.29, 0.717) is 12.6 Å². The van der Waals surface area contributed by atoms with Gasteiger partial charge in [0, 0.05) is 33.2 Å². The van der Waals surface area contributed by atoms with E-state index in [0.717, 1.165) is 12.5 Å². The summed E-state index contributed by atoms with van der Waals surface area (Å²) in [7, 11) is 3.51. The second-order valence-electron chi connectivity index (χ2n) is 4.95. The third kappa shape index (κ3) is 4.39. The standard InChI is InChI=1S/C12H25N3O/c1-10-6-4-5-7-11(10)13-8-9-14-12(16)15(2)3/h10-11,13H,4-9H2,1-3H3,(H,14,16). The van der Waals surface area contributed by atoms with E-state index < -0.39 is 0 Å². The molecule has 94 valence electrons. The lowest BCUT2D eigenvalue weighted by molar-refractivity contribution is 0.216. The molecule has 0 saturated heterocycles.